The predicted molar refractivity (Wildman–Crippen MR) is 405 cm³/mol. The number of phosphoric acid groups is 2. The number of hydrogen-bond donors (Lipinski definition) is 3. The van der Waals surface area contributed by atoms with Gasteiger partial charge in [-0.05, 0) is 31.6 Å². The summed E-state index contributed by atoms with van der Waals surface area (Å²) < 4.78 is 68.6. The lowest BCUT2D eigenvalue weighted by molar-refractivity contribution is -0.161. The lowest BCUT2D eigenvalue weighted by Gasteiger charge is -2.21. The first-order valence-corrected chi connectivity index (χ1v) is 44.6. The normalized spacial score (nSPS) is 13.9. The summed E-state index contributed by atoms with van der Waals surface area (Å²) in [6.45, 7) is 7.31. The molecule has 0 amide bonds. The van der Waals surface area contributed by atoms with Gasteiger partial charge in [-0.1, -0.05) is 375 Å². The van der Waals surface area contributed by atoms with Gasteiger partial charge in [0.1, 0.15) is 19.3 Å². The molecule has 0 heterocycles. The van der Waals surface area contributed by atoms with Crippen LogP contribution in [0.3, 0.4) is 0 Å². The Kier molecular flexibility index (Phi) is 71.6. The minimum Gasteiger partial charge on any atom is -0.462 e. The molecule has 588 valence electrons. The quantitative estimate of drug-likeness (QED) is 0.0222. The number of carbonyl (C=O) groups excluding carboxylic acids is 4. The zero-order valence-corrected chi connectivity index (χ0v) is 66.4. The van der Waals surface area contributed by atoms with Crippen molar-refractivity contribution in [1.82, 2.24) is 0 Å². The third-order valence-electron chi connectivity index (χ3n) is 18.8. The summed E-state index contributed by atoms with van der Waals surface area (Å²) in [5.74, 6) is -1.31. The van der Waals surface area contributed by atoms with E-state index in [1.165, 1.54) is 238 Å². The number of aliphatic hydroxyl groups excluding tert-OH is 1. The van der Waals surface area contributed by atoms with E-state index < -0.39 is 97.5 Å². The third kappa shape index (κ3) is 74.1. The van der Waals surface area contributed by atoms with Crippen LogP contribution in [0.1, 0.15) is 426 Å². The van der Waals surface area contributed by atoms with Gasteiger partial charge in [-0.25, -0.2) is 9.13 Å². The standard InChI is InChI=1S/C80H156O17P2/c1-6-9-12-15-18-20-22-24-26-27-28-29-30-31-32-38-42-46-51-56-61-66-80(85)97-76(70-91-78(83)64-59-54-49-44-40-37-34-33-35-39-43-48-52-57-62-73(4)5)72-95-99(88,89)93-68-74(81)67-92-98(86,87)94-71-75(69-90-77(82)63-58-53-47-17-14-11-8-3)96-79(84)65-60-55-50-45-41-36-25-23-21-19-16-13-10-7-2/h73-76,81H,6-72H2,1-5H3,(H,86,87)(H,88,89)/t74-,75+,76+/m0/s1. The first kappa shape index (κ1) is 97.1. The Labute approximate surface area is 607 Å². The number of rotatable bonds is 80. The second-order valence-corrected chi connectivity index (χ2v) is 32.2. The lowest BCUT2D eigenvalue weighted by atomic mass is 10.0. The molecule has 0 saturated heterocycles. The van der Waals surface area contributed by atoms with Gasteiger partial charge in [0.25, 0.3) is 0 Å². The number of aliphatic hydroxyl groups is 1. The van der Waals surface area contributed by atoms with Crippen molar-refractivity contribution in [2.45, 2.75) is 445 Å². The van der Waals surface area contributed by atoms with Gasteiger partial charge in [-0.15, -0.1) is 0 Å². The smallest absolute Gasteiger partial charge is 0.462 e. The van der Waals surface area contributed by atoms with Gasteiger partial charge in [0.05, 0.1) is 26.4 Å². The summed E-state index contributed by atoms with van der Waals surface area (Å²) in [4.78, 5) is 72.8. The second kappa shape index (κ2) is 73.0. The Balaban J connectivity index is 5.17. The van der Waals surface area contributed by atoms with Crippen LogP contribution in [0.2, 0.25) is 0 Å². The predicted octanol–water partition coefficient (Wildman–Crippen LogP) is 24.0. The summed E-state index contributed by atoms with van der Waals surface area (Å²) in [6, 6.07) is 0. The van der Waals surface area contributed by atoms with Gasteiger partial charge in [-0.2, -0.15) is 0 Å². The molecular formula is C80H156O17P2. The van der Waals surface area contributed by atoms with E-state index in [9.17, 15) is 43.2 Å². The average Bonchev–Trinajstić information content (AvgIpc) is 1.10. The first-order chi connectivity index (χ1) is 48.0. The molecule has 0 aromatic heterocycles. The van der Waals surface area contributed by atoms with Gasteiger partial charge in [0.15, 0.2) is 12.2 Å². The van der Waals surface area contributed by atoms with Gasteiger partial charge in [0.2, 0.25) is 0 Å². The van der Waals surface area contributed by atoms with Gasteiger partial charge < -0.3 is 33.8 Å². The molecule has 0 aliphatic heterocycles. The molecule has 19 heteroatoms. The summed E-state index contributed by atoms with van der Waals surface area (Å²) in [7, 11) is -9.91. The zero-order chi connectivity index (χ0) is 72.7. The van der Waals surface area contributed by atoms with Gasteiger partial charge in [-0.3, -0.25) is 37.3 Å². The Hall–Kier alpha value is -1.94. The summed E-state index contributed by atoms with van der Waals surface area (Å²) in [6.07, 6.45) is 64.0. The fourth-order valence-corrected chi connectivity index (χ4v) is 14.0. The molecule has 0 rings (SSSR count). The van der Waals surface area contributed by atoms with Gasteiger partial charge in [0, 0.05) is 25.7 Å². The maximum Gasteiger partial charge on any atom is 0.472 e. The highest BCUT2D eigenvalue weighted by atomic mass is 31.2. The minimum absolute atomic E-state index is 0.108. The second-order valence-electron chi connectivity index (χ2n) is 29.3. The molecule has 0 radical (unpaired) electrons. The maximum atomic E-state index is 13.1. The van der Waals surface area contributed by atoms with Crippen LogP contribution in [0.4, 0.5) is 0 Å². The van der Waals surface area contributed by atoms with Crippen LogP contribution in [0.25, 0.3) is 0 Å². The van der Waals surface area contributed by atoms with E-state index in [-0.39, 0.29) is 25.7 Å². The van der Waals surface area contributed by atoms with Crippen molar-refractivity contribution in [3.05, 3.63) is 0 Å². The molecular weight excluding hydrogens is 1290 g/mol. The summed E-state index contributed by atoms with van der Waals surface area (Å²) >= 11 is 0. The molecule has 99 heavy (non-hydrogen) atoms. The Morgan fingerprint density at radius 3 is 0.687 bits per heavy atom. The molecule has 0 aliphatic rings. The van der Waals surface area contributed by atoms with Crippen molar-refractivity contribution in [1.29, 1.82) is 0 Å². The zero-order valence-electron chi connectivity index (χ0n) is 64.6. The van der Waals surface area contributed by atoms with E-state index in [0.717, 1.165) is 109 Å². The fraction of sp³-hybridized carbons (Fsp3) is 0.950. The van der Waals surface area contributed by atoms with E-state index in [1.54, 1.807) is 0 Å². The van der Waals surface area contributed by atoms with Crippen LogP contribution < -0.4 is 0 Å². The van der Waals surface area contributed by atoms with E-state index >= 15 is 0 Å². The topological polar surface area (TPSA) is 237 Å². The number of carbonyl (C=O) groups is 4. The SMILES string of the molecule is CCCCCCCCCCCCCCCCCCCCCCCC(=O)O[C@H](COC(=O)CCCCCCCCCCCCCCCCC(C)C)COP(=O)(O)OC[C@@H](O)COP(=O)(O)OC[C@@H](COC(=O)CCCCCCCCC)OC(=O)CCCCCCCCCCCCCCCC. The Bertz CT molecular complexity index is 1890. The number of hydrogen-bond acceptors (Lipinski definition) is 15. The molecule has 17 nitrogen and oxygen atoms in total. The lowest BCUT2D eigenvalue weighted by Crippen LogP contribution is -2.30. The molecule has 2 unspecified atom stereocenters. The highest BCUT2D eigenvalue weighted by Gasteiger charge is 2.30. The number of phosphoric ester groups is 2. The molecule has 0 bridgehead atoms. The summed E-state index contributed by atoms with van der Waals surface area (Å²) in [5.41, 5.74) is 0. The van der Waals surface area contributed by atoms with Crippen molar-refractivity contribution in [3.8, 4) is 0 Å². The van der Waals surface area contributed by atoms with Gasteiger partial charge >= 0.3 is 39.5 Å². The first-order valence-electron chi connectivity index (χ1n) is 41.6. The number of ether oxygens (including phenoxy) is 4. The van der Waals surface area contributed by atoms with Crippen LogP contribution in [0.15, 0.2) is 0 Å². The number of unbranched alkanes of at least 4 members (excludes halogenated alkanes) is 52. The van der Waals surface area contributed by atoms with Crippen LogP contribution in [-0.4, -0.2) is 96.7 Å². The molecule has 5 atom stereocenters. The van der Waals surface area contributed by atoms with Crippen molar-refractivity contribution in [2.24, 2.45) is 5.92 Å². The van der Waals surface area contributed by atoms with Crippen molar-refractivity contribution >= 4 is 39.5 Å². The molecule has 0 aliphatic carbocycles. The fourth-order valence-electron chi connectivity index (χ4n) is 12.4. The van der Waals surface area contributed by atoms with E-state index in [4.69, 9.17) is 37.0 Å². The maximum absolute atomic E-state index is 13.1. The summed E-state index contributed by atoms with van der Waals surface area (Å²) in [5, 5.41) is 10.6. The highest BCUT2D eigenvalue weighted by molar-refractivity contribution is 7.47. The molecule has 3 N–H and O–H groups in total. The molecule has 0 fully saturated rings. The highest BCUT2D eigenvalue weighted by Crippen LogP contribution is 2.45. The van der Waals surface area contributed by atoms with Crippen molar-refractivity contribution < 1.29 is 80.2 Å². The van der Waals surface area contributed by atoms with Crippen LogP contribution in [-0.2, 0) is 65.4 Å². The minimum atomic E-state index is -4.96. The largest absolute Gasteiger partial charge is 0.472 e. The molecule has 0 aromatic carbocycles. The van der Waals surface area contributed by atoms with Crippen molar-refractivity contribution in [2.75, 3.05) is 39.6 Å². The molecule has 0 saturated carbocycles. The van der Waals surface area contributed by atoms with Crippen molar-refractivity contribution in [3.63, 3.8) is 0 Å². The Morgan fingerprint density at radius 2 is 0.465 bits per heavy atom. The van der Waals surface area contributed by atoms with E-state index in [0.29, 0.717) is 25.7 Å². The Morgan fingerprint density at radius 1 is 0.273 bits per heavy atom. The van der Waals surface area contributed by atoms with Crippen LogP contribution in [0.5, 0.6) is 0 Å². The van der Waals surface area contributed by atoms with Crippen LogP contribution in [0, 0.1) is 5.92 Å². The van der Waals surface area contributed by atoms with E-state index in [2.05, 4.69) is 34.6 Å². The van der Waals surface area contributed by atoms with E-state index in [1.807, 2.05) is 0 Å². The molecule has 0 aromatic rings. The molecule has 0 spiro atoms. The monoisotopic (exact) mass is 1450 g/mol. The average molecular weight is 1450 g/mol. The van der Waals surface area contributed by atoms with Crippen LogP contribution >= 0.6 is 15.6 Å². The third-order valence-corrected chi connectivity index (χ3v) is 20.7. The number of esters is 4.